The molecular formula is C11H25Cl2N3O. The van der Waals surface area contributed by atoms with Crippen molar-refractivity contribution in [1.29, 1.82) is 0 Å². The molecule has 0 aromatic carbocycles. The molecule has 4 nitrogen and oxygen atoms in total. The van der Waals surface area contributed by atoms with E-state index in [1.165, 1.54) is 0 Å². The molecule has 0 bridgehead atoms. The van der Waals surface area contributed by atoms with Crippen LogP contribution in [-0.2, 0) is 4.79 Å². The molecule has 0 aliphatic carbocycles. The maximum atomic E-state index is 11.6. The Bertz CT molecular complexity index is 217. The second-order valence-corrected chi connectivity index (χ2v) is 4.38. The van der Waals surface area contributed by atoms with Crippen LogP contribution in [0.5, 0.6) is 0 Å². The molecule has 0 spiro atoms. The molecule has 0 aromatic heterocycles. The van der Waals surface area contributed by atoms with E-state index in [0.29, 0.717) is 12.5 Å². The average molecular weight is 286 g/mol. The first-order valence-electron chi connectivity index (χ1n) is 5.78. The van der Waals surface area contributed by atoms with Crippen LogP contribution in [0.2, 0.25) is 0 Å². The minimum atomic E-state index is 0. The van der Waals surface area contributed by atoms with Crippen molar-refractivity contribution in [2.24, 2.45) is 5.92 Å². The number of halogens is 2. The molecule has 1 atom stereocenters. The molecule has 0 aromatic rings. The maximum Gasteiger partial charge on any atom is 0.236 e. The van der Waals surface area contributed by atoms with Crippen molar-refractivity contribution in [2.45, 2.75) is 13.3 Å². The van der Waals surface area contributed by atoms with Crippen LogP contribution in [0.4, 0.5) is 0 Å². The standard InChI is InChI=1S/C11H23N3O.2ClH/c1-4-13(3)8-10-5-6-14(9-10)11(15)7-12-2;;/h10,12H,4-9H2,1-3H3;2*1H. The maximum absolute atomic E-state index is 11.6. The summed E-state index contributed by atoms with van der Waals surface area (Å²) < 4.78 is 0. The number of nitrogens with one attached hydrogen (secondary N) is 1. The number of nitrogens with zero attached hydrogens (tertiary/aromatic N) is 2. The quantitative estimate of drug-likeness (QED) is 0.814. The Morgan fingerprint density at radius 1 is 1.47 bits per heavy atom. The molecule has 1 unspecified atom stereocenters. The Hall–Kier alpha value is -0.0300. The average Bonchev–Trinajstić information content (AvgIpc) is 2.66. The summed E-state index contributed by atoms with van der Waals surface area (Å²) in [6, 6.07) is 0. The van der Waals surface area contributed by atoms with Gasteiger partial charge in [-0.2, -0.15) is 0 Å². The summed E-state index contributed by atoms with van der Waals surface area (Å²) in [5.74, 6) is 0.898. The van der Waals surface area contributed by atoms with Crippen molar-refractivity contribution in [2.75, 3.05) is 46.8 Å². The summed E-state index contributed by atoms with van der Waals surface area (Å²) in [7, 11) is 3.95. The highest BCUT2D eigenvalue weighted by molar-refractivity contribution is 5.85. The van der Waals surface area contributed by atoms with Gasteiger partial charge in [0.2, 0.25) is 5.91 Å². The molecule has 1 aliphatic heterocycles. The normalized spacial score (nSPS) is 18.8. The van der Waals surface area contributed by atoms with Crippen molar-refractivity contribution in [3.63, 3.8) is 0 Å². The smallest absolute Gasteiger partial charge is 0.236 e. The number of likely N-dealkylation sites (N-methyl/N-ethyl adjacent to an activating group) is 1. The summed E-state index contributed by atoms with van der Waals surface area (Å²) in [6.45, 7) is 6.70. The second-order valence-electron chi connectivity index (χ2n) is 4.38. The third-order valence-corrected chi connectivity index (χ3v) is 3.08. The summed E-state index contributed by atoms with van der Waals surface area (Å²) in [6.07, 6.45) is 1.15. The second kappa shape index (κ2) is 9.95. The van der Waals surface area contributed by atoms with Crippen molar-refractivity contribution < 1.29 is 4.79 Å². The molecule has 1 rings (SSSR count). The number of hydrogen-bond acceptors (Lipinski definition) is 3. The highest BCUT2D eigenvalue weighted by atomic mass is 35.5. The van der Waals surface area contributed by atoms with E-state index in [2.05, 4.69) is 24.2 Å². The summed E-state index contributed by atoms with van der Waals surface area (Å²) in [5.41, 5.74) is 0. The molecule has 104 valence electrons. The lowest BCUT2D eigenvalue weighted by molar-refractivity contribution is -0.129. The zero-order chi connectivity index (χ0) is 11.3. The van der Waals surface area contributed by atoms with E-state index in [-0.39, 0.29) is 30.7 Å². The van der Waals surface area contributed by atoms with Gasteiger partial charge in [0.05, 0.1) is 6.54 Å². The van der Waals surface area contributed by atoms with E-state index in [1.807, 2.05) is 11.9 Å². The van der Waals surface area contributed by atoms with E-state index in [9.17, 15) is 4.79 Å². The number of carbonyl (C=O) groups excluding carboxylic acids is 1. The summed E-state index contributed by atoms with van der Waals surface area (Å²) in [5, 5.41) is 2.91. The molecule has 0 saturated carbocycles. The first-order valence-corrected chi connectivity index (χ1v) is 5.78. The van der Waals surface area contributed by atoms with Crippen molar-refractivity contribution in [3.8, 4) is 0 Å². The zero-order valence-corrected chi connectivity index (χ0v) is 12.6. The lowest BCUT2D eigenvalue weighted by Crippen LogP contribution is -2.36. The van der Waals surface area contributed by atoms with E-state index in [4.69, 9.17) is 0 Å². The predicted octanol–water partition coefficient (Wildman–Crippen LogP) is 0.850. The number of rotatable bonds is 5. The van der Waals surface area contributed by atoms with Gasteiger partial charge in [0.1, 0.15) is 0 Å². The van der Waals surface area contributed by atoms with Crippen molar-refractivity contribution in [3.05, 3.63) is 0 Å². The minimum Gasteiger partial charge on any atom is -0.341 e. The molecule has 1 aliphatic rings. The van der Waals surface area contributed by atoms with Crippen LogP contribution >= 0.6 is 24.8 Å². The third-order valence-electron chi connectivity index (χ3n) is 3.08. The Morgan fingerprint density at radius 2 is 2.12 bits per heavy atom. The van der Waals surface area contributed by atoms with Gasteiger partial charge in [-0.25, -0.2) is 0 Å². The molecule has 1 fully saturated rings. The van der Waals surface area contributed by atoms with Crippen LogP contribution in [0.25, 0.3) is 0 Å². The first-order chi connectivity index (χ1) is 7.17. The third kappa shape index (κ3) is 6.46. The highest BCUT2D eigenvalue weighted by Gasteiger charge is 2.25. The molecular weight excluding hydrogens is 261 g/mol. The van der Waals surface area contributed by atoms with Crippen LogP contribution in [0, 0.1) is 5.92 Å². The Morgan fingerprint density at radius 3 is 2.65 bits per heavy atom. The van der Waals surface area contributed by atoms with Gasteiger partial charge < -0.3 is 15.1 Å². The van der Waals surface area contributed by atoms with E-state index in [1.54, 1.807) is 0 Å². The van der Waals surface area contributed by atoms with Crippen LogP contribution in [-0.4, -0.2) is 62.5 Å². The van der Waals surface area contributed by atoms with Crippen LogP contribution < -0.4 is 5.32 Å². The number of likely N-dealkylation sites (tertiary alicyclic amines) is 1. The van der Waals surface area contributed by atoms with Gasteiger partial charge in [-0.05, 0) is 33.0 Å². The largest absolute Gasteiger partial charge is 0.341 e. The van der Waals surface area contributed by atoms with Gasteiger partial charge in [-0.1, -0.05) is 6.92 Å². The van der Waals surface area contributed by atoms with Crippen LogP contribution in [0.1, 0.15) is 13.3 Å². The molecule has 1 saturated heterocycles. The Kier molecular flexibility index (Phi) is 11.3. The van der Waals surface area contributed by atoms with E-state index < -0.39 is 0 Å². The van der Waals surface area contributed by atoms with E-state index in [0.717, 1.165) is 32.6 Å². The zero-order valence-electron chi connectivity index (χ0n) is 10.9. The Labute approximate surface area is 117 Å². The van der Waals surface area contributed by atoms with Crippen LogP contribution in [0.15, 0.2) is 0 Å². The molecule has 1 amide bonds. The predicted molar refractivity (Wildman–Crippen MR) is 76.3 cm³/mol. The fraction of sp³-hybridized carbons (Fsp3) is 0.909. The fourth-order valence-electron chi connectivity index (χ4n) is 2.04. The van der Waals surface area contributed by atoms with Gasteiger partial charge in [-0.3, -0.25) is 4.79 Å². The monoisotopic (exact) mass is 285 g/mol. The molecule has 1 N–H and O–H groups in total. The Balaban J connectivity index is 0. The van der Waals surface area contributed by atoms with Gasteiger partial charge in [-0.15, -0.1) is 24.8 Å². The molecule has 6 heteroatoms. The molecule has 1 heterocycles. The van der Waals surface area contributed by atoms with Crippen molar-refractivity contribution in [1.82, 2.24) is 15.1 Å². The highest BCUT2D eigenvalue weighted by Crippen LogP contribution is 2.16. The number of carbonyl (C=O) groups is 1. The first kappa shape index (κ1) is 19.3. The topological polar surface area (TPSA) is 35.6 Å². The van der Waals surface area contributed by atoms with E-state index >= 15 is 0 Å². The number of hydrogen-bond donors (Lipinski definition) is 1. The number of amides is 1. The minimum absolute atomic E-state index is 0. The summed E-state index contributed by atoms with van der Waals surface area (Å²) >= 11 is 0. The lowest BCUT2D eigenvalue weighted by atomic mass is 10.1. The van der Waals surface area contributed by atoms with Gasteiger partial charge >= 0.3 is 0 Å². The molecule has 17 heavy (non-hydrogen) atoms. The van der Waals surface area contributed by atoms with Crippen LogP contribution in [0.3, 0.4) is 0 Å². The summed E-state index contributed by atoms with van der Waals surface area (Å²) in [4.78, 5) is 15.9. The molecule has 0 radical (unpaired) electrons. The SMILES string of the molecule is CCN(C)CC1CCN(C(=O)CNC)C1.Cl.Cl. The van der Waals surface area contributed by atoms with Crippen molar-refractivity contribution >= 4 is 30.7 Å². The van der Waals surface area contributed by atoms with Gasteiger partial charge in [0.15, 0.2) is 0 Å². The van der Waals surface area contributed by atoms with Gasteiger partial charge in [0, 0.05) is 19.6 Å². The van der Waals surface area contributed by atoms with Gasteiger partial charge in [0.25, 0.3) is 0 Å². The fourth-order valence-corrected chi connectivity index (χ4v) is 2.04. The lowest BCUT2D eigenvalue weighted by Gasteiger charge is -2.20.